The fourth-order valence-corrected chi connectivity index (χ4v) is 3.30. The monoisotopic (exact) mass is 342 g/mol. The Morgan fingerprint density at radius 2 is 1.23 bits per heavy atom. The van der Waals surface area contributed by atoms with E-state index in [1.807, 2.05) is 48.5 Å². The Kier molecular flexibility index (Phi) is 4.23. The van der Waals surface area contributed by atoms with Gasteiger partial charge in [-0.3, -0.25) is 14.9 Å². The van der Waals surface area contributed by atoms with Crippen molar-refractivity contribution >= 4 is 17.5 Å². The van der Waals surface area contributed by atoms with Crippen LogP contribution in [0.15, 0.2) is 78.9 Å². The van der Waals surface area contributed by atoms with E-state index in [0.29, 0.717) is 24.2 Å². The van der Waals surface area contributed by atoms with Crippen molar-refractivity contribution in [2.45, 2.75) is 13.1 Å². The zero-order valence-corrected chi connectivity index (χ0v) is 14.2. The van der Waals surface area contributed by atoms with E-state index in [4.69, 9.17) is 0 Å². The van der Waals surface area contributed by atoms with Gasteiger partial charge in [0.1, 0.15) is 0 Å². The van der Waals surface area contributed by atoms with Gasteiger partial charge in [-0.25, -0.2) is 0 Å². The first kappa shape index (κ1) is 16.1. The molecule has 0 aliphatic carbocycles. The fourth-order valence-electron chi connectivity index (χ4n) is 3.30. The molecule has 0 radical (unpaired) electrons. The zero-order valence-electron chi connectivity index (χ0n) is 14.2. The molecule has 0 unspecified atom stereocenters. The Bertz CT molecular complexity index is 911. The molecule has 0 spiro atoms. The van der Waals surface area contributed by atoms with Gasteiger partial charge in [0.2, 0.25) is 0 Å². The maximum atomic E-state index is 12.3. The van der Waals surface area contributed by atoms with E-state index < -0.39 is 0 Å². The van der Waals surface area contributed by atoms with E-state index in [2.05, 4.69) is 34.5 Å². The molecule has 2 amide bonds. The highest BCUT2D eigenvalue weighted by Gasteiger charge is 2.31. The highest BCUT2D eigenvalue weighted by atomic mass is 16.2. The summed E-state index contributed by atoms with van der Waals surface area (Å²) < 4.78 is 0. The van der Waals surface area contributed by atoms with Crippen molar-refractivity contribution in [3.05, 3.63) is 101 Å². The lowest BCUT2D eigenvalue weighted by Gasteiger charge is -2.26. The van der Waals surface area contributed by atoms with Gasteiger partial charge in [-0.2, -0.15) is 0 Å². The average molecular weight is 342 g/mol. The van der Waals surface area contributed by atoms with Crippen LogP contribution in [0.25, 0.3) is 0 Å². The highest BCUT2D eigenvalue weighted by molar-refractivity contribution is 6.23. The SMILES string of the molecule is O=C1NC(=O)c2c1cccc2N(Cc1ccccc1)Cc1ccccc1. The lowest BCUT2D eigenvalue weighted by atomic mass is 10.0. The van der Waals surface area contributed by atoms with Gasteiger partial charge < -0.3 is 4.90 Å². The summed E-state index contributed by atoms with van der Waals surface area (Å²) >= 11 is 0. The first-order valence-corrected chi connectivity index (χ1v) is 8.54. The largest absolute Gasteiger partial charge is 0.362 e. The molecule has 0 saturated heterocycles. The van der Waals surface area contributed by atoms with Crippen molar-refractivity contribution in [2.75, 3.05) is 4.90 Å². The van der Waals surface area contributed by atoms with Crippen molar-refractivity contribution in [1.29, 1.82) is 0 Å². The molecule has 4 nitrogen and oxygen atoms in total. The molecule has 26 heavy (non-hydrogen) atoms. The average Bonchev–Trinajstić information content (AvgIpc) is 2.97. The Labute approximate surface area is 152 Å². The number of imide groups is 1. The summed E-state index contributed by atoms with van der Waals surface area (Å²) in [5.74, 6) is -0.655. The number of nitrogens with one attached hydrogen (secondary N) is 1. The Morgan fingerprint density at radius 1 is 0.654 bits per heavy atom. The molecule has 1 aliphatic rings. The molecule has 1 aliphatic heterocycles. The predicted molar refractivity (Wildman–Crippen MR) is 101 cm³/mol. The van der Waals surface area contributed by atoms with Crippen molar-refractivity contribution < 1.29 is 9.59 Å². The van der Waals surface area contributed by atoms with Crippen LogP contribution in [0.4, 0.5) is 5.69 Å². The van der Waals surface area contributed by atoms with E-state index in [0.717, 1.165) is 16.8 Å². The van der Waals surface area contributed by atoms with Gasteiger partial charge >= 0.3 is 0 Å². The van der Waals surface area contributed by atoms with Gasteiger partial charge in [0, 0.05) is 13.1 Å². The molecule has 0 atom stereocenters. The molecule has 0 bridgehead atoms. The molecule has 4 heteroatoms. The third-order valence-corrected chi connectivity index (χ3v) is 4.51. The number of carbonyl (C=O) groups is 2. The summed E-state index contributed by atoms with van der Waals surface area (Å²) in [6.45, 7) is 1.29. The topological polar surface area (TPSA) is 49.4 Å². The van der Waals surface area contributed by atoms with Crippen LogP contribution in [-0.2, 0) is 13.1 Å². The van der Waals surface area contributed by atoms with Gasteiger partial charge in [0.25, 0.3) is 11.8 Å². The molecule has 3 aromatic carbocycles. The van der Waals surface area contributed by atoms with Crippen molar-refractivity contribution in [1.82, 2.24) is 5.32 Å². The second-order valence-electron chi connectivity index (χ2n) is 6.31. The van der Waals surface area contributed by atoms with E-state index in [1.54, 1.807) is 6.07 Å². The molecule has 3 aromatic rings. The van der Waals surface area contributed by atoms with Crippen LogP contribution in [0.3, 0.4) is 0 Å². The number of hydrogen-bond acceptors (Lipinski definition) is 3. The molecule has 0 fully saturated rings. The number of rotatable bonds is 5. The van der Waals surface area contributed by atoms with Gasteiger partial charge in [-0.05, 0) is 23.3 Å². The van der Waals surface area contributed by atoms with Crippen LogP contribution in [0.5, 0.6) is 0 Å². The summed E-state index contributed by atoms with van der Waals surface area (Å²) in [7, 11) is 0. The third kappa shape index (κ3) is 3.09. The number of anilines is 1. The molecule has 0 saturated carbocycles. The van der Waals surface area contributed by atoms with Crippen LogP contribution < -0.4 is 10.2 Å². The van der Waals surface area contributed by atoms with Crippen molar-refractivity contribution in [3.8, 4) is 0 Å². The summed E-state index contributed by atoms with van der Waals surface area (Å²) in [5.41, 5.74) is 3.97. The first-order chi connectivity index (χ1) is 12.7. The van der Waals surface area contributed by atoms with Crippen molar-refractivity contribution in [2.24, 2.45) is 0 Å². The van der Waals surface area contributed by atoms with E-state index in [1.165, 1.54) is 0 Å². The molecule has 1 N–H and O–H groups in total. The minimum Gasteiger partial charge on any atom is -0.362 e. The quantitative estimate of drug-likeness (QED) is 0.718. The minimum absolute atomic E-state index is 0.327. The maximum Gasteiger partial charge on any atom is 0.261 e. The van der Waals surface area contributed by atoms with Crippen LogP contribution in [0.1, 0.15) is 31.8 Å². The van der Waals surface area contributed by atoms with Gasteiger partial charge in [-0.1, -0.05) is 66.7 Å². The van der Waals surface area contributed by atoms with Crippen LogP contribution in [0.2, 0.25) is 0 Å². The molecular formula is C22H18N2O2. The predicted octanol–water partition coefficient (Wildman–Crippen LogP) is 3.78. The smallest absolute Gasteiger partial charge is 0.261 e. The first-order valence-electron chi connectivity index (χ1n) is 8.54. The van der Waals surface area contributed by atoms with E-state index in [-0.39, 0.29) is 11.8 Å². The molecular weight excluding hydrogens is 324 g/mol. The van der Waals surface area contributed by atoms with Crippen LogP contribution in [-0.4, -0.2) is 11.8 Å². The second-order valence-corrected chi connectivity index (χ2v) is 6.31. The van der Waals surface area contributed by atoms with Crippen LogP contribution >= 0.6 is 0 Å². The van der Waals surface area contributed by atoms with E-state index >= 15 is 0 Å². The van der Waals surface area contributed by atoms with Crippen molar-refractivity contribution in [3.63, 3.8) is 0 Å². The summed E-state index contributed by atoms with van der Waals surface area (Å²) in [6.07, 6.45) is 0. The number of amides is 2. The van der Waals surface area contributed by atoms with Crippen LogP contribution in [0, 0.1) is 0 Å². The Morgan fingerprint density at radius 3 is 1.81 bits per heavy atom. The number of carbonyl (C=O) groups excluding carboxylic acids is 2. The summed E-state index contributed by atoms with van der Waals surface area (Å²) in [6, 6.07) is 25.7. The fraction of sp³-hybridized carbons (Fsp3) is 0.0909. The Hall–Kier alpha value is -3.40. The lowest BCUT2D eigenvalue weighted by molar-refractivity contribution is 0.0880. The van der Waals surface area contributed by atoms with Gasteiger partial charge in [0.15, 0.2) is 0 Å². The maximum absolute atomic E-state index is 12.3. The Balaban J connectivity index is 1.76. The minimum atomic E-state index is -0.328. The number of fused-ring (bicyclic) bond motifs is 1. The molecule has 1 heterocycles. The van der Waals surface area contributed by atoms with Gasteiger partial charge in [0.05, 0.1) is 16.8 Å². The second kappa shape index (κ2) is 6.84. The third-order valence-electron chi connectivity index (χ3n) is 4.51. The van der Waals surface area contributed by atoms with E-state index in [9.17, 15) is 9.59 Å². The standard InChI is InChI=1S/C22H18N2O2/c25-21-18-12-7-13-19(20(18)22(26)23-21)24(14-16-8-3-1-4-9-16)15-17-10-5-2-6-11-17/h1-13H,14-15H2,(H,23,25,26). The molecule has 4 rings (SSSR count). The van der Waals surface area contributed by atoms with Gasteiger partial charge in [-0.15, -0.1) is 0 Å². The number of nitrogens with zero attached hydrogens (tertiary/aromatic N) is 1. The number of hydrogen-bond donors (Lipinski definition) is 1. The molecule has 128 valence electrons. The molecule has 0 aromatic heterocycles. The highest BCUT2D eigenvalue weighted by Crippen LogP contribution is 2.30. The number of benzene rings is 3. The zero-order chi connectivity index (χ0) is 17.9. The summed E-state index contributed by atoms with van der Waals surface area (Å²) in [4.78, 5) is 26.5. The normalized spacial score (nSPS) is 12.6. The lowest BCUT2D eigenvalue weighted by Crippen LogP contribution is -2.25. The summed E-state index contributed by atoms with van der Waals surface area (Å²) in [5, 5.41) is 2.40.